The standard InChI is InChI=1S/C18H16BrNO2/c1-2-22-18(21)15-5-3-4-13(10-15)12-20-9-8-14-11-16(19)6-7-17(14)20/h3-11H,2,12H2,1H3. The molecule has 3 aromatic rings. The fourth-order valence-corrected chi connectivity index (χ4v) is 2.90. The van der Waals surface area contributed by atoms with E-state index in [1.807, 2.05) is 31.2 Å². The summed E-state index contributed by atoms with van der Waals surface area (Å²) in [6, 6.07) is 15.9. The van der Waals surface area contributed by atoms with Crippen LogP contribution in [-0.2, 0) is 11.3 Å². The first-order valence-corrected chi connectivity index (χ1v) is 7.97. The van der Waals surface area contributed by atoms with E-state index in [1.165, 1.54) is 10.9 Å². The van der Waals surface area contributed by atoms with Crippen molar-refractivity contribution in [2.45, 2.75) is 13.5 Å². The summed E-state index contributed by atoms with van der Waals surface area (Å²) in [6.07, 6.45) is 2.06. The second kappa shape index (κ2) is 6.36. The number of hydrogen-bond acceptors (Lipinski definition) is 2. The molecule has 0 N–H and O–H groups in total. The molecule has 0 saturated heterocycles. The zero-order valence-electron chi connectivity index (χ0n) is 12.3. The first kappa shape index (κ1) is 14.9. The van der Waals surface area contributed by atoms with E-state index in [9.17, 15) is 4.79 Å². The highest BCUT2D eigenvalue weighted by Gasteiger charge is 2.08. The fourth-order valence-electron chi connectivity index (χ4n) is 2.52. The summed E-state index contributed by atoms with van der Waals surface area (Å²) in [7, 11) is 0. The number of ether oxygens (including phenoxy) is 1. The molecule has 0 amide bonds. The van der Waals surface area contributed by atoms with Gasteiger partial charge in [-0.05, 0) is 48.9 Å². The lowest BCUT2D eigenvalue weighted by Crippen LogP contribution is -2.06. The molecule has 0 aliphatic heterocycles. The van der Waals surface area contributed by atoms with Gasteiger partial charge in [0.2, 0.25) is 0 Å². The van der Waals surface area contributed by atoms with Crippen molar-refractivity contribution in [2.24, 2.45) is 0 Å². The van der Waals surface area contributed by atoms with Gasteiger partial charge < -0.3 is 9.30 Å². The molecular formula is C18H16BrNO2. The lowest BCUT2D eigenvalue weighted by Gasteiger charge is -2.08. The molecule has 112 valence electrons. The second-order valence-electron chi connectivity index (χ2n) is 5.07. The smallest absolute Gasteiger partial charge is 0.338 e. The molecule has 1 aromatic heterocycles. The predicted molar refractivity (Wildman–Crippen MR) is 91.1 cm³/mol. The minimum absolute atomic E-state index is 0.273. The molecule has 0 aliphatic rings. The molecule has 0 saturated carbocycles. The van der Waals surface area contributed by atoms with Crippen LogP contribution in [0, 0.1) is 0 Å². The van der Waals surface area contributed by atoms with Crippen LogP contribution in [-0.4, -0.2) is 17.1 Å². The Balaban J connectivity index is 1.88. The van der Waals surface area contributed by atoms with E-state index in [0.717, 1.165) is 16.6 Å². The summed E-state index contributed by atoms with van der Waals surface area (Å²) in [4.78, 5) is 11.8. The molecule has 0 spiro atoms. The van der Waals surface area contributed by atoms with Gasteiger partial charge in [-0.2, -0.15) is 0 Å². The molecule has 22 heavy (non-hydrogen) atoms. The van der Waals surface area contributed by atoms with Crippen molar-refractivity contribution in [1.29, 1.82) is 0 Å². The number of nitrogens with zero attached hydrogens (tertiary/aromatic N) is 1. The highest BCUT2D eigenvalue weighted by Crippen LogP contribution is 2.22. The van der Waals surface area contributed by atoms with Crippen LogP contribution in [0.15, 0.2) is 59.2 Å². The van der Waals surface area contributed by atoms with Crippen LogP contribution in [0.5, 0.6) is 0 Å². The average Bonchev–Trinajstić information content (AvgIpc) is 2.90. The first-order valence-electron chi connectivity index (χ1n) is 7.18. The number of hydrogen-bond donors (Lipinski definition) is 0. The Morgan fingerprint density at radius 1 is 1.18 bits per heavy atom. The van der Waals surface area contributed by atoms with E-state index in [-0.39, 0.29) is 5.97 Å². The SMILES string of the molecule is CCOC(=O)c1cccc(Cn2ccc3cc(Br)ccc32)c1. The van der Waals surface area contributed by atoms with Crippen LogP contribution < -0.4 is 0 Å². The van der Waals surface area contributed by atoms with Crippen molar-refractivity contribution < 1.29 is 9.53 Å². The molecule has 0 bridgehead atoms. The van der Waals surface area contributed by atoms with Crippen LogP contribution in [0.25, 0.3) is 10.9 Å². The van der Waals surface area contributed by atoms with Gasteiger partial charge in [-0.15, -0.1) is 0 Å². The molecule has 3 rings (SSSR count). The molecule has 0 aliphatic carbocycles. The number of halogens is 1. The number of carbonyl (C=O) groups excluding carboxylic acids is 1. The van der Waals surface area contributed by atoms with Crippen molar-refractivity contribution in [3.05, 3.63) is 70.3 Å². The van der Waals surface area contributed by atoms with Crippen molar-refractivity contribution in [1.82, 2.24) is 4.57 Å². The monoisotopic (exact) mass is 357 g/mol. The van der Waals surface area contributed by atoms with Gasteiger partial charge in [-0.3, -0.25) is 0 Å². The second-order valence-corrected chi connectivity index (χ2v) is 5.98. The number of esters is 1. The predicted octanol–water partition coefficient (Wildman–Crippen LogP) is 4.63. The Bertz CT molecular complexity index is 823. The summed E-state index contributed by atoms with van der Waals surface area (Å²) in [5, 5.41) is 1.19. The molecule has 0 fully saturated rings. The number of rotatable bonds is 4. The van der Waals surface area contributed by atoms with Crippen LogP contribution >= 0.6 is 15.9 Å². The van der Waals surface area contributed by atoms with Gasteiger partial charge in [0.25, 0.3) is 0 Å². The van der Waals surface area contributed by atoms with Gasteiger partial charge in [0, 0.05) is 28.1 Å². The van der Waals surface area contributed by atoms with E-state index in [4.69, 9.17) is 4.74 Å². The van der Waals surface area contributed by atoms with Gasteiger partial charge >= 0.3 is 5.97 Å². The number of benzene rings is 2. The fraction of sp³-hybridized carbons (Fsp3) is 0.167. The van der Waals surface area contributed by atoms with Crippen LogP contribution in [0.1, 0.15) is 22.8 Å². The van der Waals surface area contributed by atoms with Gasteiger partial charge in [-0.1, -0.05) is 28.1 Å². The van der Waals surface area contributed by atoms with Gasteiger partial charge in [0.1, 0.15) is 0 Å². The molecule has 0 radical (unpaired) electrons. The maximum atomic E-state index is 11.8. The van der Waals surface area contributed by atoms with Gasteiger partial charge in [0.05, 0.1) is 12.2 Å². The minimum Gasteiger partial charge on any atom is -0.462 e. The third kappa shape index (κ3) is 3.07. The Hall–Kier alpha value is -2.07. The highest BCUT2D eigenvalue weighted by molar-refractivity contribution is 9.10. The molecule has 0 unspecified atom stereocenters. The number of carbonyl (C=O) groups is 1. The van der Waals surface area contributed by atoms with Crippen molar-refractivity contribution >= 4 is 32.8 Å². The average molecular weight is 358 g/mol. The van der Waals surface area contributed by atoms with Crippen molar-refractivity contribution in [3.63, 3.8) is 0 Å². The summed E-state index contributed by atoms with van der Waals surface area (Å²) in [5.74, 6) is -0.273. The molecule has 0 atom stereocenters. The van der Waals surface area contributed by atoms with Crippen LogP contribution in [0.3, 0.4) is 0 Å². The Morgan fingerprint density at radius 3 is 2.86 bits per heavy atom. The Morgan fingerprint density at radius 2 is 2.05 bits per heavy atom. The maximum absolute atomic E-state index is 11.8. The number of aromatic nitrogens is 1. The van der Waals surface area contributed by atoms with Gasteiger partial charge in [0.15, 0.2) is 0 Å². The molecule has 1 heterocycles. The summed E-state index contributed by atoms with van der Waals surface area (Å²) in [6.45, 7) is 2.92. The first-order chi connectivity index (χ1) is 10.7. The Labute approximate surface area is 137 Å². The molecule has 4 heteroatoms. The molecule has 2 aromatic carbocycles. The number of fused-ring (bicyclic) bond motifs is 1. The van der Waals surface area contributed by atoms with Crippen LogP contribution in [0.4, 0.5) is 0 Å². The van der Waals surface area contributed by atoms with E-state index in [0.29, 0.717) is 12.2 Å². The van der Waals surface area contributed by atoms with E-state index in [2.05, 4.69) is 44.9 Å². The Kier molecular flexibility index (Phi) is 4.29. The minimum atomic E-state index is -0.273. The summed E-state index contributed by atoms with van der Waals surface area (Å²) >= 11 is 3.49. The zero-order chi connectivity index (χ0) is 15.5. The van der Waals surface area contributed by atoms with E-state index < -0.39 is 0 Å². The van der Waals surface area contributed by atoms with E-state index in [1.54, 1.807) is 6.07 Å². The quantitative estimate of drug-likeness (QED) is 0.637. The normalized spacial score (nSPS) is 10.8. The molecule has 3 nitrogen and oxygen atoms in total. The zero-order valence-corrected chi connectivity index (χ0v) is 13.8. The van der Waals surface area contributed by atoms with E-state index >= 15 is 0 Å². The topological polar surface area (TPSA) is 31.2 Å². The van der Waals surface area contributed by atoms with Crippen molar-refractivity contribution in [3.8, 4) is 0 Å². The lowest BCUT2D eigenvalue weighted by atomic mass is 10.1. The summed E-state index contributed by atoms with van der Waals surface area (Å²) in [5.41, 5.74) is 2.84. The third-order valence-electron chi connectivity index (χ3n) is 3.52. The van der Waals surface area contributed by atoms with Crippen molar-refractivity contribution in [2.75, 3.05) is 6.61 Å². The lowest BCUT2D eigenvalue weighted by molar-refractivity contribution is 0.0526. The summed E-state index contributed by atoms with van der Waals surface area (Å²) < 4.78 is 8.29. The molecular weight excluding hydrogens is 342 g/mol. The van der Waals surface area contributed by atoms with Gasteiger partial charge in [-0.25, -0.2) is 4.79 Å². The maximum Gasteiger partial charge on any atom is 0.338 e. The largest absolute Gasteiger partial charge is 0.462 e. The highest BCUT2D eigenvalue weighted by atomic mass is 79.9. The van der Waals surface area contributed by atoms with Crippen LogP contribution in [0.2, 0.25) is 0 Å². The third-order valence-corrected chi connectivity index (χ3v) is 4.02.